The Kier molecular flexibility index (Phi) is 18.2. The van der Waals surface area contributed by atoms with Gasteiger partial charge in [0.25, 0.3) is 0 Å². The fourth-order valence-electron chi connectivity index (χ4n) is 4.75. The fraction of sp³-hybridized carbons (Fsp3) is 0.688. The van der Waals surface area contributed by atoms with Crippen LogP contribution in [0.5, 0.6) is 0 Å². The van der Waals surface area contributed by atoms with Gasteiger partial charge >= 0.3 is 11.9 Å². The Morgan fingerprint density at radius 3 is 1.14 bits per heavy atom. The van der Waals surface area contributed by atoms with Gasteiger partial charge < -0.3 is 13.6 Å². The van der Waals surface area contributed by atoms with E-state index in [0.29, 0.717) is 12.8 Å². The molecule has 37 heavy (non-hydrogen) atoms. The standard InChI is InChI=1S/C32H50O5/c33-31(25-17-13-9-5-1-3-7-11-15-21-29-23-19-27-35-29)37-32(34)26-18-14-10-6-2-4-8-12-16-22-30-24-20-28-36-30/h19-20,23-24,27-28H,1-18,21-22,25-26H2. The molecule has 2 aromatic heterocycles. The zero-order valence-corrected chi connectivity index (χ0v) is 23.1. The highest BCUT2D eigenvalue weighted by atomic mass is 16.6. The maximum atomic E-state index is 11.9. The maximum Gasteiger partial charge on any atom is 0.313 e. The lowest BCUT2D eigenvalue weighted by Gasteiger charge is -2.05. The molecule has 2 rings (SSSR count). The van der Waals surface area contributed by atoms with Crippen molar-refractivity contribution in [1.82, 2.24) is 0 Å². The first-order chi connectivity index (χ1) is 18.2. The van der Waals surface area contributed by atoms with Gasteiger partial charge in [-0.05, 0) is 49.9 Å². The molecule has 0 saturated carbocycles. The number of hydrogen-bond donors (Lipinski definition) is 0. The van der Waals surface area contributed by atoms with Gasteiger partial charge in [-0.15, -0.1) is 0 Å². The van der Waals surface area contributed by atoms with Crippen LogP contribution in [0.4, 0.5) is 0 Å². The Hall–Kier alpha value is -2.30. The van der Waals surface area contributed by atoms with Gasteiger partial charge in [-0.25, -0.2) is 0 Å². The first-order valence-corrected chi connectivity index (χ1v) is 15.0. The second-order valence-corrected chi connectivity index (χ2v) is 10.4. The summed E-state index contributed by atoms with van der Waals surface area (Å²) in [5.74, 6) is 1.47. The van der Waals surface area contributed by atoms with Gasteiger partial charge in [0.2, 0.25) is 0 Å². The van der Waals surface area contributed by atoms with Crippen molar-refractivity contribution < 1.29 is 23.2 Å². The number of carbonyl (C=O) groups excluding carboxylic acids is 2. The van der Waals surface area contributed by atoms with Gasteiger partial charge in [0.05, 0.1) is 12.5 Å². The van der Waals surface area contributed by atoms with Crippen molar-refractivity contribution in [3.63, 3.8) is 0 Å². The predicted octanol–water partition coefficient (Wildman–Crippen LogP) is 9.53. The number of carbonyl (C=O) groups is 2. The van der Waals surface area contributed by atoms with Gasteiger partial charge in [-0.1, -0.05) is 89.9 Å². The van der Waals surface area contributed by atoms with E-state index >= 15 is 0 Å². The monoisotopic (exact) mass is 514 g/mol. The summed E-state index contributed by atoms with van der Waals surface area (Å²) in [5.41, 5.74) is 0. The quantitative estimate of drug-likeness (QED) is 0.0792. The third-order valence-electron chi connectivity index (χ3n) is 7.00. The van der Waals surface area contributed by atoms with Crippen LogP contribution in [0.1, 0.15) is 140 Å². The van der Waals surface area contributed by atoms with Gasteiger partial charge in [-0.3, -0.25) is 9.59 Å². The van der Waals surface area contributed by atoms with Crippen LogP contribution in [0.25, 0.3) is 0 Å². The highest BCUT2D eigenvalue weighted by Gasteiger charge is 2.10. The van der Waals surface area contributed by atoms with E-state index < -0.39 is 0 Å². The van der Waals surface area contributed by atoms with Gasteiger partial charge in [-0.2, -0.15) is 0 Å². The van der Waals surface area contributed by atoms with Crippen LogP contribution < -0.4 is 0 Å². The predicted molar refractivity (Wildman–Crippen MR) is 148 cm³/mol. The first kappa shape index (κ1) is 30.9. The zero-order chi connectivity index (χ0) is 26.2. The van der Waals surface area contributed by atoms with Crippen LogP contribution in [-0.4, -0.2) is 11.9 Å². The van der Waals surface area contributed by atoms with Crippen LogP contribution in [0.3, 0.4) is 0 Å². The number of hydrogen-bond acceptors (Lipinski definition) is 5. The Morgan fingerprint density at radius 1 is 0.486 bits per heavy atom. The van der Waals surface area contributed by atoms with Crippen molar-refractivity contribution >= 4 is 11.9 Å². The third kappa shape index (κ3) is 17.7. The van der Waals surface area contributed by atoms with Crippen molar-refractivity contribution in [3.8, 4) is 0 Å². The molecule has 0 amide bonds. The second-order valence-electron chi connectivity index (χ2n) is 10.4. The van der Waals surface area contributed by atoms with Gasteiger partial charge in [0, 0.05) is 25.7 Å². The van der Waals surface area contributed by atoms with Gasteiger partial charge in [0.1, 0.15) is 11.5 Å². The summed E-state index contributed by atoms with van der Waals surface area (Å²) >= 11 is 0. The number of ether oxygens (including phenoxy) is 1. The molecule has 0 radical (unpaired) electrons. The van der Waals surface area contributed by atoms with Gasteiger partial charge in [0.15, 0.2) is 0 Å². The van der Waals surface area contributed by atoms with Crippen molar-refractivity contribution in [2.24, 2.45) is 0 Å². The van der Waals surface area contributed by atoms with E-state index in [2.05, 4.69) is 0 Å². The summed E-state index contributed by atoms with van der Waals surface area (Å²) in [5, 5.41) is 0. The van der Waals surface area contributed by atoms with Crippen LogP contribution in [0.15, 0.2) is 45.6 Å². The highest BCUT2D eigenvalue weighted by Crippen LogP contribution is 2.14. The smallest absolute Gasteiger partial charge is 0.313 e. The SMILES string of the molecule is O=C(CCCCCCCCCCCc1ccco1)OC(=O)CCCCCCCCCCCc1ccco1. The van der Waals surface area contributed by atoms with E-state index in [9.17, 15) is 9.59 Å². The summed E-state index contributed by atoms with van der Waals surface area (Å²) < 4.78 is 15.7. The minimum absolute atomic E-state index is 0.353. The number of rotatable bonds is 24. The van der Waals surface area contributed by atoms with E-state index in [0.717, 1.165) is 62.9 Å². The molecule has 0 aliphatic carbocycles. The molecule has 2 heterocycles. The second kappa shape index (κ2) is 21.8. The number of unbranched alkanes of at least 4 members (excludes halogenated alkanes) is 16. The molecule has 0 fully saturated rings. The van der Waals surface area contributed by atoms with E-state index in [1.54, 1.807) is 12.5 Å². The molecule has 0 bridgehead atoms. The molecule has 0 unspecified atom stereocenters. The van der Waals surface area contributed by atoms with Crippen LogP contribution in [0.2, 0.25) is 0 Å². The molecule has 0 aromatic carbocycles. The summed E-state index contributed by atoms with van der Waals surface area (Å²) in [6, 6.07) is 7.99. The van der Waals surface area contributed by atoms with Crippen molar-refractivity contribution in [3.05, 3.63) is 48.3 Å². The fourth-order valence-corrected chi connectivity index (χ4v) is 4.75. The summed E-state index contributed by atoms with van der Waals surface area (Å²) in [4.78, 5) is 23.7. The lowest BCUT2D eigenvalue weighted by Crippen LogP contribution is -2.11. The minimum atomic E-state index is -0.353. The van der Waals surface area contributed by atoms with E-state index in [1.807, 2.05) is 24.3 Å². The summed E-state index contributed by atoms with van der Waals surface area (Å²) in [6.45, 7) is 0. The third-order valence-corrected chi connectivity index (χ3v) is 7.00. The number of furan rings is 2. The molecule has 0 spiro atoms. The molecule has 0 saturated heterocycles. The Labute approximate surface area is 224 Å². The molecule has 0 N–H and O–H groups in total. The number of aryl methyl sites for hydroxylation is 2. The molecule has 0 atom stereocenters. The molecule has 208 valence electrons. The Morgan fingerprint density at radius 2 is 0.811 bits per heavy atom. The topological polar surface area (TPSA) is 69.7 Å². The van der Waals surface area contributed by atoms with E-state index in [1.165, 1.54) is 77.0 Å². The van der Waals surface area contributed by atoms with Crippen molar-refractivity contribution in [2.45, 2.75) is 141 Å². The maximum absolute atomic E-state index is 11.9. The molecule has 0 aliphatic heterocycles. The summed E-state index contributed by atoms with van der Waals surface area (Å²) in [7, 11) is 0. The van der Waals surface area contributed by atoms with E-state index in [4.69, 9.17) is 13.6 Å². The normalized spacial score (nSPS) is 11.1. The average molecular weight is 515 g/mol. The zero-order valence-electron chi connectivity index (χ0n) is 23.1. The molecule has 5 nitrogen and oxygen atoms in total. The largest absolute Gasteiger partial charge is 0.469 e. The molecular weight excluding hydrogens is 464 g/mol. The molecule has 5 heteroatoms. The Bertz CT molecular complexity index is 712. The number of esters is 2. The summed E-state index contributed by atoms with van der Waals surface area (Å²) in [6.07, 6.45) is 27.3. The molecule has 0 aliphatic rings. The lowest BCUT2D eigenvalue weighted by molar-refractivity contribution is -0.159. The first-order valence-electron chi connectivity index (χ1n) is 15.0. The minimum Gasteiger partial charge on any atom is -0.469 e. The van der Waals surface area contributed by atoms with Crippen LogP contribution >= 0.6 is 0 Å². The van der Waals surface area contributed by atoms with Crippen molar-refractivity contribution in [1.29, 1.82) is 0 Å². The molecular formula is C32H50O5. The van der Waals surface area contributed by atoms with Crippen LogP contribution in [0, 0.1) is 0 Å². The lowest BCUT2D eigenvalue weighted by atomic mass is 10.1. The Balaban J connectivity index is 1.25. The van der Waals surface area contributed by atoms with Crippen molar-refractivity contribution in [2.75, 3.05) is 0 Å². The average Bonchev–Trinajstić information content (AvgIpc) is 3.60. The van der Waals surface area contributed by atoms with E-state index in [-0.39, 0.29) is 11.9 Å². The van der Waals surface area contributed by atoms with Crippen LogP contribution in [-0.2, 0) is 27.2 Å². The molecule has 2 aromatic rings. The highest BCUT2D eigenvalue weighted by molar-refractivity contribution is 5.85.